The number of ether oxygens (including phenoxy) is 1. The number of rotatable bonds is 5. The lowest BCUT2D eigenvalue weighted by Crippen LogP contribution is -2.06. The molecule has 0 unspecified atom stereocenters. The van der Waals surface area contributed by atoms with Crippen LogP contribution in [-0.4, -0.2) is 22.4 Å². The van der Waals surface area contributed by atoms with E-state index in [-0.39, 0.29) is 23.9 Å². The van der Waals surface area contributed by atoms with E-state index in [1.165, 1.54) is 10.8 Å². The highest BCUT2D eigenvalue weighted by Gasteiger charge is 2.17. The van der Waals surface area contributed by atoms with E-state index in [2.05, 4.69) is 5.10 Å². The summed E-state index contributed by atoms with van der Waals surface area (Å²) in [6.45, 7) is 3.82. The molecule has 1 heterocycles. The monoisotopic (exact) mass is 397 g/mol. The van der Waals surface area contributed by atoms with Crippen molar-refractivity contribution < 1.29 is 9.53 Å². The van der Waals surface area contributed by atoms with Crippen molar-refractivity contribution in [2.45, 2.75) is 20.4 Å². The molecular formula is C17H14Cl3N3O2. The third-order valence-corrected chi connectivity index (χ3v) is 4.49. The molecule has 0 N–H and O–H groups in total. The molecule has 0 aliphatic heterocycles. The van der Waals surface area contributed by atoms with Gasteiger partial charge in [-0.3, -0.25) is 0 Å². The molecule has 2 aromatic rings. The minimum absolute atomic E-state index is 0.151. The maximum absolute atomic E-state index is 11.8. The average Bonchev–Trinajstić information content (AvgIpc) is 2.83. The Morgan fingerprint density at radius 1 is 1.36 bits per heavy atom. The summed E-state index contributed by atoms with van der Waals surface area (Å²) in [7, 11) is 0. The SMILES string of the molecule is CCOC(=O)/C(C#N)=C/c1c(C)nn(Cc2c(Cl)cccc2Cl)c1Cl. The van der Waals surface area contributed by atoms with E-state index in [1.54, 1.807) is 32.0 Å². The predicted molar refractivity (Wildman–Crippen MR) is 97.8 cm³/mol. The number of hydrogen-bond donors (Lipinski definition) is 0. The summed E-state index contributed by atoms with van der Waals surface area (Å²) in [6, 6.07) is 7.01. The van der Waals surface area contributed by atoms with Gasteiger partial charge < -0.3 is 4.74 Å². The van der Waals surface area contributed by atoms with Gasteiger partial charge in [0.25, 0.3) is 0 Å². The van der Waals surface area contributed by atoms with E-state index in [9.17, 15) is 4.79 Å². The molecule has 0 aliphatic rings. The highest BCUT2D eigenvalue weighted by Crippen LogP contribution is 2.28. The van der Waals surface area contributed by atoms with Crippen molar-refractivity contribution >= 4 is 46.8 Å². The van der Waals surface area contributed by atoms with Crippen molar-refractivity contribution in [1.29, 1.82) is 5.26 Å². The minimum Gasteiger partial charge on any atom is -0.462 e. The third kappa shape index (κ3) is 4.35. The van der Waals surface area contributed by atoms with E-state index in [4.69, 9.17) is 44.8 Å². The molecule has 0 saturated heterocycles. The predicted octanol–water partition coefficient (Wildman–Crippen LogP) is 4.67. The Bertz CT molecular complexity index is 862. The molecule has 0 radical (unpaired) electrons. The summed E-state index contributed by atoms with van der Waals surface area (Å²) < 4.78 is 6.36. The molecule has 0 aliphatic carbocycles. The minimum atomic E-state index is -0.706. The number of esters is 1. The van der Waals surface area contributed by atoms with E-state index in [0.29, 0.717) is 26.9 Å². The molecule has 0 spiro atoms. The Kier molecular flexibility index (Phi) is 6.49. The number of benzene rings is 1. The molecule has 1 aromatic heterocycles. The zero-order valence-corrected chi connectivity index (χ0v) is 15.8. The number of halogens is 3. The van der Waals surface area contributed by atoms with E-state index in [1.807, 2.05) is 6.07 Å². The highest BCUT2D eigenvalue weighted by atomic mass is 35.5. The van der Waals surface area contributed by atoms with E-state index in [0.717, 1.165) is 0 Å². The first kappa shape index (κ1) is 19.3. The maximum atomic E-state index is 11.8. The first-order valence-electron chi connectivity index (χ1n) is 7.33. The average molecular weight is 399 g/mol. The number of nitriles is 1. The second-order valence-corrected chi connectivity index (χ2v) is 6.21. The van der Waals surface area contributed by atoms with Gasteiger partial charge in [0.05, 0.1) is 18.8 Å². The highest BCUT2D eigenvalue weighted by molar-refractivity contribution is 6.36. The molecule has 5 nitrogen and oxygen atoms in total. The molecule has 2 rings (SSSR count). The smallest absolute Gasteiger partial charge is 0.348 e. The fraction of sp³-hybridized carbons (Fsp3) is 0.235. The van der Waals surface area contributed by atoms with Gasteiger partial charge in [0.15, 0.2) is 0 Å². The number of carbonyl (C=O) groups excluding carboxylic acids is 1. The van der Waals surface area contributed by atoms with Crippen molar-refractivity contribution in [2.24, 2.45) is 0 Å². The van der Waals surface area contributed by atoms with Crippen LogP contribution in [0.25, 0.3) is 6.08 Å². The molecule has 0 atom stereocenters. The summed E-state index contributed by atoms with van der Waals surface area (Å²) in [6.07, 6.45) is 1.37. The summed E-state index contributed by atoms with van der Waals surface area (Å²) in [4.78, 5) is 11.8. The van der Waals surface area contributed by atoms with Gasteiger partial charge in [-0.15, -0.1) is 0 Å². The Morgan fingerprint density at radius 3 is 2.56 bits per heavy atom. The fourth-order valence-electron chi connectivity index (χ4n) is 2.16. The molecule has 8 heteroatoms. The lowest BCUT2D eigenvalue weighted by molar-refractivity contribution is -0.137. The van der Waals surface area contributed by atoms with E-state index < -0.39 is 5.97 Å². The van der Waals surface area contributed by atoms with E-state index >= 15 is 0 Å². The topological polar surface area (TPSA) is 67.9 Å². The third-order valence-electron chi connectivity index (χ3n) is 3.38. The summed E-state index contributed by atoms with van der Waals surface area (Å²) in [5.41, 5.74) is 1.55. The van der Waals surface area contributed by atoms with Gasteiger partial charge in [0.1, 0.15) is 16.8 Å². The Hall–Kier alpha value is -2.00. The number of nitrogens with zero attached hydrogens (tertiary/aromatic N) is 3. The van der Waals surface area contributed by atoms with Gasteiger partial charge in [-0.1, -0.05) is 40.9 Å². The van der Waals surface area contributed by atoms with Crippen LogP contribution in [0.1, 0.15) is 23.7 Å². The van der Waals surface area contributed by atoms with Gasteiger partial charge in [0.2, 0.25) is 0 Å². The van der Waals surface area contributed by atoms with Crippen molar-refractivity contribution in [3.63, 3.8) is 0 Å². The van der Waals surface area contributed by atoms with Crippen molar-refractivity contribution in [3.8, 4) is 6.07 Å². The van der Waals surface area contributed by atoms with Crippen LogP contribution in [0.5, 0.6) is 0 Å². The van der Waals surface area contributed by atoms with Gasteiger partial charge >= 0.3 is 5.97 Å². The largest absolute Gasteiger partial charge is 0.462 e. The summed E-state index contributed by atoms with van der Waals surface area (Å²) in [5.74, 6) is -0.706. The summed E-state index contributed by atoms with van der Waals surface area (Å²) >= 11 is 18.7. The zero-order valence-electron chi connectivity index (χ0n) is 13.5. The number of aromatic nitrogens is 2. The van der Waals surface area contributed by atoms with Crippen LogP contribution >= 0.6 is 34.8 Å². The molecule has 25 heavy (non-hydrogen) atoms. The standard InChI is InChI=1S/C17H14Cl3N3O2/c1-3-25-17(24)11(8-21)7-12-10(2)22-23(16(12)20)9-13-14(18)5-4-6-15(13)19/h4-7H,3,9H2,1-2H3/b11-7+. The van der Waals surface area contributed by atoms with Crippen LogP contribution in [0.2, 0.25) is 15.2 Å². The Labute approximate surface area is 160 Å². The van der Waals surface area contributed by atoms with Gasteiger partial charge in [-0.25, -0.2) is 9.48 Å². The number of aryl methyl sites for hydroxylation is 1. The van der Waals surface area contributed by atoms with Crippen molar-refractivity contribution in [3.05, 3.63) is 55.8 Å². The molecule has 1 aromatic carbocycles. The van der Waals surface area contributed by atoms with Crippen molar-refractivity contribution in [1.82, 2.24) is 9.78 Å². The number of carbonyl (C=O) groups is 1. The molecule has 130 valence electrons. The van der Waals surface area contributed by atoms with Crippen LogP contribution in [0, 0.1) is 18.3 Å². The molecule has 0 fully saturated rings. The van der Waals surface area contributed by atoms with Gasteiger partial charge in [-0.2, -0.15) is 10.4 Å². The van der Waals surface area contributed by atoms with Gasteiger partial charge in [0, 0.05) is 21.2 Å². The summed E-state index contributed by atoms with van der Waals surface area (Å²) in [5, 5.41) is 14.8. The normalized spacial score (nSPS) is 11.3. The molecule has 0 bridgehead atoms. The van der Waals surface area contributed by atoms with Crippen LogP contribution in [0.15, 0.2) is 23.8 Å². The Balaban J connectivity index is 2.42. The van der Waals surface area contributed by atoms with Crippen LogP contribution < -0.4 is 0 Å². The second-order valence-electron chi connectivity index (χ2n) is 5.04. The lowest BCUT2D eigenvalue weighted by atomic mass is 10.1. The Morgan fingerprint density at radius 2 is 2.00 bits per heavy atom. The zero-order chi connectivity index (χ0) is 18.6. The fourth-order valence-corrected chi connectivity index (χ4v) is 2.96. The maximum Gasteiger partial charge on any atom is 0.348 e. The van der Waals surface area contributed by atoms with Gasteiger partial charge in [-0.05, 0) is 32.1 Å². The second kappa shape index (κ2) is 8.39. The molecular weight excluding hydrogens is 385 g/mol. The van der Waals surface area contributed by atoms with Crippen LogP contribution in [0.3, 0.4) is 0 Å². The van der Waals surface area contributed by atoms with Crippen molar-refractivity contribution in [2.75, 3.05) is 6.61 Å². The number of hydrogen-bond acceptors (Lipinski definition) is 4. The molecule has 0 amide bonds. The lowest BCUT2D eigenvalue weighted by Gasteiger charge is -2.08. The first-order valence-corrected chi connectivity index (χ1v) is 8.47. The first-order chi connectivity index (χ1) is 11.9. The molecule has 0 saturated carbocycles. The van der Waals surface area contributed by atoms with Crippen LogP contribution in [0.4, 0.5) is 0 Å². The quantitative estimate of drug-likeness (QED) is 0.417. The van der Waals surface area contributed by atoms with Crippen LogP contribution in [-0.2, 0) is 16.1 Å².